The quantitative estimate of drug-likeness (QED) is 0.827. The Bertz CT molecular complexity index is 438. The number of methoxy groups -OCH3 is 1. The van der Waals surface area contributed by atoms with Gasteiger partial charge in [0, 0.05) is 11.0 Å². The molecular weight excluding hydrogens is 260 g/mol. The zero-order valence-electron chi connectivity index (χ0n) is 8.08. The molecule has 15 heavy (non-hydrogen) atoms. The molecule has 0 aliphatic carbocycles. The third-order valence-electron chi connectivity index (χ3n) is 1.96. The Morgan fingerprint density at radius 2 is 2.33 bits per heavy atom. The van der Waals surface area contributed by atoms with E-state index in [0.29, 0.717) is 10.0 Å². The van der Waals surface area contributed by atoms with Crippen molar-refractivity contribution < 1.29 is 9.53 Å². The lowest BCUT2D eigenvalue weighted by molar-refractivity contribution is 0.0599. The van der Waals surface area contributed by atoms with Crippen molar-refractivity contribution in [3.8, 4) is 6.07 Å². The van der Waals surface area contributed by atoms with Gasteiger partial charge < -0.3 is 10.5 Å². The lowest BCUT2D eigenvalue weighted by Crippen LogP contribution is -2.09. The number of nitriles is 1. The van der Waals surface area contributed by atoms with Crippen LogP contribution in [-0.2, 0) is 11.3 Å². The fraction of sp³-hybridized carbons (Fsp3) is 0.200. The summed E-state index contributed by atoms with van der Waals surface area (Å²) in [5, 5.41) is 8.97. The number of halogens is 1. The van der Waals surface area contributed by atoms with Crippen LogP contribution in [0.3, 0.4) is 0 Å². The number of hydrogen-bond acceptors (Lipinski definition) is 4. The van der Waals surface area contributed by atoms with E-state index in [0.717, 1.165) is 0 Å². The average Bonchev–Trinajstić information content (AvgIpc) is 2.27. The number of hydrogen-bond donors (Lipinski definition) is 1. The molecule has 4 nitrogen and oxygen atoms in total. The van der Waals surface area contributed by atoms with Crippen LogP contribution in [0.1, 0.15) is 21.5 Å². The lowest BCUT2D eigenvalue weighted by atomic mass is 10.0. The first kappa shape index (κ1) is 11.7. The molecule has 78 valence electrons. The summed E-state index contributed by atoms with van der Waals surface area (Å²) in [6, 6.07) is 5.34. The number of carbonyl (C=O) groups excluding carboxylic acids is 1. The highest BCUT2D eigenvalue weighted by Crippen LogP contribution is 2.24. The van der Waals surface area contributed by atoms with Crippen molar-refractivity contribution in [3.05, 3.63) is 33.3 Å². The van der Waals surface area contributed by atoms with Crippen LogP contribution >= 0.6 is 15.9 Å². The van der Waals surface area contributed by atoms with Crippen LogP contribution < -0.4 is 5.73 Å². The predicted octanol–water partition coefficient (Wildman–Crippen LogP) is 1.57. The van der Waals surface area contributed by atoms with E-state index in [2.05, 4.69) is 20.7 Å². The van der Waals surface area contributed by atoms with Crippen LogP contribution in [0.5, 0.6) is 0 Å². The summed E-state index contributed by atoms with van der Waals surface area (Å²) >= 11 is 3.20. The zero-order valence-corrected chi connectivity index (χ0v) is 9.67. The molecule has 0 radical (unpaired) electrons. The van der Waals surface area contributed by atoms with Crippen LogP contribution in [0, 0.1) is 11.3 Å². The third kappa shape index (κ3) is 2.17. The normalized spacial score (nSPS) is 9.47. The van der Waals surface area contributed by atoms with E-state index in [1.165, 1.54) is 7.11 Å². The molecule has 0 spiro atoms. The minimum absolute atomic E-state index is 0.208. The highest BCUT2D eigenvalue weighted by molar-refractivity contribution is 9.10. The van der Waals surface area contributed by atoms with Crippen molar-refractivity contribution in [1.82, 2.24) is 0 Å². The van der Waals surface area contributed by atoms with Crippen molar-refractivity contribution in [3.63, 3.8) is 0 Å². The molecule has 0 unspecified atom stereocenters. The number of benzene rings is 1. The second kappa shape index (κ2) is 4.91. The first-order valence-electron chi connectivity index (χ1n) is 4.15. The fourth-order valence-corrected chi connectivity index (χ4v) is 1.71. The number of carbonyl (C=O) groups is 1. The van der Waals surface area contributed by atoms with E-state index in [1.54, 1.807) is 12.1 Å². The fourth-order valence-electron chi connectivity index (χ4n) is 1.22. The van der Waals surface area contributed by atoms with Gasteiger partial charge in [-0.25, -0.2) is 4.79 Å². The lowest BCUT2D eigenvalue weighted by Gasteiger charge is -2.08. The Balaban J connectivity index is 3.47. The van der Waals surface area contributed by atoms with Gasteiger partial charge >= 0.3 is 5.97 Å². The van der Waals surface area contributed by atoms with E-state index in [9.17, 15) is 4.79 Å². The van der Waals surface area contributed by atoms with E-state index in [1.807, 2.05) is 6.07 Å². The highest BCUT2D eigenvalue weighted by Gasteiger charge is 2.18. The summed E-state index contributed by atoms with van der Waals surface area (Å²) in [6.45, 7) is 0.208. The molecule has 0 atom stereocenters. The van der Waals surface area contributed by atoms with Gasteiger partial charge in [0.05, 0.1) is 18.2 Å². The molecule has 0 heterocycles. The largest absolute Gasteiger partial charge is 0.465 e. The van der Waals surface area contributed by atoms with Gasteiger partial charge in [-0.15, -0.1) is 0 Å². The first-order valence-corrected chi connectivity index (χ1v) is 4.94. The molecule has 0 saturated heterocycles. The second-order valence-corrected chi connectivity index (χ2v) is 3.62. The molecule has 2 N–H and O–H groups in total. The van der Waals surface area contributed by atoms with Gasteiger partial charge in [0.25, 0.3) is 0 Å². The molecule has 5 heteroatoms. The van der Waals surface area contributed by atoms with E-state index in [-0.39, 0.29) is 17.7 Å². The van der Waals surface area contributed by atoms with Crippen LogP contribution in [-0.4, -0.2) is 13.1 Å². The van der Waals surface area contributed by atoms with Gasteiger partial charge in [-0.2, -0.15) is 5.26 Å². The smallest absolute Gasteiger partial charge is 0.340 e. The maximum Gasteiger partial charge on any atom is 0.340 e. The zero-order chi connectivity index (χ0) is 11.4. The maximum atomic E-state index is 11.4. The summed E-state index contributed by atoms with van der Waals surface area (Å²) in [5.41, 5.74) is 6.58. The molecular formula is C10H9BrN2O2. The number of ether oxygens (including phenoxy) is 1. The molecule has 1 aromatic rings. The van der Waals surface area contributed by atoms with E-state index in [4.69, 9.17) is 11.0 Å². The van der Waals surface area contributed by atoms with Crippen LogP contribution in [0.2, 0.25) is 0 Å². The number of rotatable bonds is 2. The maximum absolute atomic E-state index is 11.4. The number of nitrogens with two attached hydrogens (primary N) is 1. The van der Waals surface area contributed by atoms with Crippen molar-refractivity contribution in [2.75, 3.05) is 7.11 Å². The topological polar surface area (TPSA) is 76.1 Å². The molecule has 0 saturated carbocycles. The van der Waals surface area contributed by atoms with Crippen LogP contribution in [0.4, 0.5) is 0 Å². The SMILES string of the molecule is COC(=O)c1c(Br)ccc(CN)c1C#N. The number of nitrogens with zero attached hydrogens (tertiary/aromatic N) is 1. The molecule has 0 aliphatic rings. The Morgan fingerprint density at radius 1 is 1.67 bits per heavy atom. The van der Waals surface area contributed by atoms with Crippen molar-refractivity contribution in [2.45, 2.75) is 6.54 Å². The van der Waals surface area contributed by atoms with Gasteiger partial charge in [-0.05, 0) is 27.6 Å². The molecule has 0 fully saturated rings. The Labute approximate surface area is 95.8 Å². The standard InChI is InChI=1S/C10H9BrN2O2/c1-15-10(14)9-7(5-13)6(4-12)2-3-8(9)11/h2-3H,4,12H2,1H3. The van der Waals surface area contributed by atoms with Crippen molar-refractivity contribution in [2.24, 2.45) is 5.73 Å². The van der Waals surface area contributed by atoms with E-state index >= 15 is 0 Å². The summed E-state index contributed by atoms with van der Waals surface area (Å²) in [4.78, 5) is 11.4. The first-order chi connectivity index (χ1) is 7.15. The van der Waals surface area contributed by atoms with E-state index < -0.39 is 5.97 Å². The summed E-state index contributed by atoms with van der Waals surface area (Å²) < 4.78 is 5.13. The summed E-state index contributed by atoms with van der Waals surface area (Å²) in [6.07, 6.45) is 0. The summed E-state index contributed by atoms with van der Waals surface area (Å²) in [5.74, 6) is -0.547. The average molecular weight is 269 g/mol. The molecule has 0 bridgehead atoms. The molecule has 1 aromatic carbocycles. The summed E-state index contributed by atoms with van der Waals surface area (Å²) in [7, 11) is 1.27. The van der Waals surface area contributed by atoms with Gasteiger partial charge in [-0.3, -0.25) is 0 Å². The third-order valence-corrected chi connectivity index (χ3v) is 2.62. The molecule has 0 aliphatic heterocycles. The van der Waals surface area contributed by atoms with Gasteiger partial charge in [0.2, 0.25) is 0 Å². The van der Waals surface area contributed by atoms with Crippen LogP contribution in [0.25, 0.3) is 0 Å². The van der Waals surface area contributed by atoms with Gasteiger partial charge in [-0.1, -0.05) is 6.07 Å². The monoisotopic (exact) mass is 268 g/mol. The Morgan fingerprint density at radius 3 is 2.80 bits per heavy atom. The van der Waals surface area contributed by atoms with Crippen molar-refractivity contribution >= 4 is 21.9 Å². The minimum Gasteiger partial charge on any atom is -0.465 e. The highest BCUT2D eigenvalue weighted by atomic mass is 79.9. The Hall–Kier alpha value is -1.38. The van der Waals surface area contributed by atoms with Crippen molar-refractivity contribution in [1.29, 1.82) is 5.26 Å². The van der Waals surface area contributed by atoms with Gasteiger partial charge in [0.1, 0.15) is 6.07 Å². The molecule has 1 rings (SSSR count). The van der Waals surface area contributed by atoms with Gasteiger partial charge in [0.15, 0.2) is 0 Å². The van der Waals surface area contributed by atoms with Crippen LogP contribution in [0.15, 0.2) is 16.6 Å². The minimum atomic E-state index is -0.547. The predicted molar refractivity (Wildman–Crippen MR) is 58.1 cm³/mol. The number of esters is 1. The molecule has 0 amide bonds. The second-order valence-electron chi connectivity index (χ2n) is 2.76. The Kier molecular flexibility index (Phi) is 3.83. The molecule has 0 aromatic heterocycles.